The Bertz CT molecular complexity index is 244. The number of amides is 2. The van der Waals surface area contributed by atoms with Crippen LogP contribution in [0.15, 0.2) is 0 Å². The van der Waals surface area contributed by atoms with Crippen molar-refractivity contribution in [1.29, 1.82) is 0 Å². The first-order valence-corrected chi connectivity index (χ1v) is 5.42. The molecule has 0 aromatic carbocycles. The van der Waals surface area contributed by atoms with Gasteiger partial charge in [-0.15, -0.1) is 12.4 Å². The summed E-state index contributed by atoms with van der Waals surface area (Å²) in [6.45, 7) is 3.48. The maximum absolute atomic E-state index is 11.6. The monoisotopic (exact) mass is 249 g/mol. The zero-order chi connectivity index (χ0) is 11.3. The van der Waals surface area contributed by atoms with E-state index < -0.39 is 0 Å². The minimum atomic E-state index is -0.286. The maximum Gasteiger partial charge on any atom is 0.241 e. The molecule has 6 heteroatoms. The van der Waals surface area contributed by atoms with Crippen molar-refractivity contribution in [2.45, 2.75) is 19.8 Å². The van der Waals surface area contributed by atoms with Gasteiger partial charge in [-0.05, 0) is 25.7 Å². The second-order valence-corrected chi connectivity index (χ2v) is 3.86. The minimum absolute atomic E-state index is 0. The van der Waals surface area contributed by atoms with E-state index in [1.165, 1.54) is 12.8 Å². The summed E-state index contributed by atoms with van der Waals surface area (Å²) in [6, 6.07) is 0. The van der Waals surface area contributed by atoms with Crippen molar-refractivity contribution < 1.29 is 9.59 Å². The number of nitrogens with zero attached hydrogens (tertiary/aromatic N) is 1. The lowest BCUT2D eigenvalue weighted by Crippen LogP contribution is -2.42. The third kappa shape index (κ3) is 5.32. The Morgan fingerprint density at radius 2 is 2.06 bits per heavy atom. The summed E-state index contributed by atoms with van der Waals surface area (Å²) >= 11 is 0. The van der Waals surface area contributed by atoms with E-state index in [1.54, 1.807) is 4.90 Å². The summed E-state index contributed by atoms with van der Waals surface area (Å²) < 4.78 is 0. The quantitative estimate of drug-likeness (QED) is 0.681. The number of hydrogen-bond acceptors (Lipinski definition) is 3. The van der Waals surface area contributed by atoms with E-state index in [0.29, 0.717) is 12.5 Å². The predicted molar refractivity (Wildman–Crippen MR) is 64.3 cm³/mol. The van der Waals surface area contributed by atoms with Crippen molar-refractivity contribution in [2.24, 2.45) is 11.7 Å². The summed E-state index contributed by atoms with van der Waals surface area (Å²) in [5.41, 5.74) is 5.12. The zero-order valence-electron chi connectivity index (χ0n) is 9.57. The summed E-state index contributed by atoms with van der Waals surface area (Å²) in [6.07, 6.45) is 2.44. The van der Waals surface area contributed by atoms with Crippen LogP contribution in [0, 0.1) is 5.92 Å². The van der Waals surface area contributed by atoms with E-state index in [0.717, 1.165) is 6.54 Å². The molecule has 0 bridgehead atoms. The Balaban J connectivity index is 0.00000225. The molecule has 0 aromatic heterocycles. The molecule has 1 aliphatic rings. The Hall–Kier alpha value is -0.810. The third-order valence-corrected chi connectivity index (χ3v) is 2.53. The normalized spacial score (nSPS) is 13.9. The second kappa shape index (κ2) is 7.46. The molecule has 0 radical (unpaired) electrons. The van der Waals surface area contributed by atoms with E-state index in [-0.39, 0.29) is 37.3 Å². The number of carbonyl (C=O) groups excluding carboxylic acids is 2. The van der Waals surface area contributed by atoms with Crippen molar-refractivity contribution >= 4 is 24.2 Å². The molecular weight excluding hydrogens is 230 g/mol. The van der Waals surface area contributed by atoms with Gasteiger partial charge in [0.05, 0.1) is 13.1 Å². The van der Waals surface area contributed by atoms with Gasteiger partial charge < -0.3 is 16.0 Å². The van der Waals surface area contributed by atoms with Crippen LogP contribution in [0.3, 0.4) is 0 Å². The number of nitrogens with one attached hydrogen (secondary N) is 1. The topological polar surface area (TPSA) is 75.4 Å². The molecule has 5 nitrogen and oxygen atoms in total. The predicted octanol–water partition coefficient (Wildman–Crippen LogP) is -0.258. The molecule has 94 valence electrons. The smallest absolute Gasteiger partial charge is 0.241 e. The lowest BCUT2D eigenvalue weighted by atomic mass is 10.3. The summed E-state index contributed by atoms with van der Waals surface area (Å²) in [7, 11) is 0. The zero-order valence-corrected chi connectivity index (χ0v) is 10.4. The Labute approximate surface area is 102 Å². The van der Waals surface area contributed by atoms with Gasteiger partial charge >= 0.3 is 0 Å². The lowest BCUT2D eigenvalue weighted by Gasteiger charge is -2.20. The van der Waals surface area contributed by atoms with Gasteiger partial charge in [-0.25, -0.2) is 0 Å². The van der Waals surface area contributed by atoms with E-state index >= 15 is 0 Å². The van der Waals surface area contributed by atoms with E-state index in [1.807, 2.05) is 6.92 Å². The van der Waals surface area contributed by atoms with Crippen LogP contribution in [0.4, 0.5) is 0 Å². The van der Waals surface area contributed by atoms with Crippen molar-refractivity contribution in [3.63, 3.8) is 0 Å². The highest BCUT2D eigenvalue weighted by molar-refractivity contribution is 5.85. The molecule has 0 unspecified atom stereocenters. The SMILES string of the molecule is CCN(CC1CC1)C(=O)CNC(=O)CN.Cl. The fourth-order valence-corrected chi connectivity index (χ4v) is 1.38. The lowest BCUT2D eigenvalue weighted by molar-refractivity contribution is -0.132. The molecule has 16 heavy (non-hydrogen) atoms. The molecule has 1 saturated carbocycles. The molecular formula is C10H20ClN3O2. The molecule has 0 saturated heterocycles. The molecule has 0 aliphatic heterocycles. The van der Waals surface area contributed by atoms with Crippen LogP contribution >= 0.6 is 12.4 Å². The van der Waals surface area contributed by atoms with Gasteiger partial charge in [0.2, 0.25) is 11.8 Å². The number of halogens is 1. The molecule has 0 heterocycles. The van der Waals surface area contributed by atoms with Crippen LogP contribution in [0.25, 0.3) is 0 Å². The first kappa shape index (κ1) is 15.2. The maximum atomic E-state index is 11.6. The Morgan fingerprint density at radius 1 is 1.44 bits per heavy atom. The van der Waals surface area contributed by atoms with Gasteiger partial charge in [-0.2, -0.15) is 0 Å². The molecule has 0 atom stereocenters. The van der Waals surface area contributed by atoms with Gasteiger partial charge in [0, 0.05) is 13.1 Å². The molecule has 1 rings (SSSR count). The van der Waals surface area contributed by atoms with Crippen LogP contribution in [0.5, 0.6) is 0 Å². The number of likely N-dealkylation sites (N-methyl/N-ethyl adjacent to an activating group) is 1. The molecule has 2 amide bonds. The number of rotatable bonds is 6. The van der Waals surface area contributed by atoms with Gasteiger partial charge in [-0.1, -0.05) is 0 Å². The van der Waals surface area contributed by atoms with Crippen LogP contribution in [0.1, 0.15) is 19.8 Å². The molecule has 0 spiro atoms. The van der Waals surface area contributed by atoms with Gasteiger partial charge in [-0.3, -0.25) is 9.59 Å². The van der Waals surface area contributed by atoms with E-state index in [2.05, 4.69) is 5.32 Å². The van der Waals surface area contributed by atoms with Crippen molar-refractivity contribution in [3.05, 3.63) is 0 Å². The van der Waals surface area contributed by atoms with Gasteiger partial charge in [0.15, 0.2) is 0 Å². The van der Waals surface area contributed by atoms with E-state index in [4.69, 9.17) is 5.73 Å². The number of nitrogens with two attached hydrogens (primary N) is 1. The van der Waals surface area contributed by atoms with Crippen molar-refractivity contribution in [1.82, 2.24) is 10.2 Å². The van der Waals surface area contributed by atoms with Gasteiger partial charge in [0.25, 0.3) is 0 Å². The highest BCUT2D eigenvalue weighted by Gasteiger charge is 2.25. The Morgan fingerprint density at radius 3 is 2.50 bits per heavy atom. The van der Waals surface area contributed by atoms with Crippen LogP contribution < -0.4 is 11.1 Å². The van der Waals surface area contributed by atoms with Crippen LogP contribution in [-0.2, 0) is 9.59 Å². The first-order valence-electron chi connectivity index (χ1n) is 5.42. The summed E-state index contributed by atoms with van der Waals surface area (Å²) in [5.74, 6) is 0.371. The minimum Gasteiger partial charge on any atom is -0.346 e. The number of carbonyl (C=O) groups is 2. The van der Waals surface area contributed by atoms with Gasteiger partial charge in [0.1, 0.15) is 0 Å². The average molecular weight is 250 g/mol. The van der Waals surface area contributed by atoms with Crippen molar-refractivity contribution in [3.8, 4) is 0 Å². The molecule has 0 aromatic rings. The van der Waals surface area contributed by atoms with Crippen LogP contribution in [-0.4, -0.2) is 42.9 Å². The molecule has 1 fully saturated rings. The fourth-order valence-electron chi connectivity index (χ4n) is 1.38. The van der Waals surface area contributed by atoms with Crippen molar-refractivity contribution in [2.75, 3.05) is 26.2 Å². The summed E-state index contributed by atoms with van der Waals surface area (Å²) in [5, 5.41) is 2.49. The summed E-state index contributed by atoms with van der Waals surface area (Å²) in [4.78, 5) is 24.3. The molecule has 1 aliphatic carbocycles. The number of hydrogen-bond donors (Lipinski definition) is 2. The third-order valence-electron chi connectivity index (χ3n) is 2.53. The van der Waals surface area contributed by atoms with Crippen LogP contribution in [0.2, 0.25) is 0 Å². The average Bonchev–Trinajstić information content (AvgIpc) is 3.05. The van der Waals surface area contributed by atoms with E-state index in [9.17, 15) is 9.59 Å². The fraction of sp³-hybridized carbons (Fsp3) is 0.800. The Kier molecular flexibility index (Phi) is 7.08. The highest BCUT2D eigenvalue weighted by atomic mass is 35.5. The first-order chi connectivity index (χ1) is 7.17. The highest BCUT2D eigenvalue weighted by Crippen LogP contribution is 2.29. The standard InChI is InChI=1S/C10H19N3O2.ClH/c1-2-13(7-8-3-4-8)10(15)6-12-9(14)5-11;/h8H,2-7,11H2,1H3,(H,12,14);1H. The second-order valence-electron chi connectivity index (χ2n) is 3.86. The largest absolute Gasteiger partial charge is 0.346 e. The molecule has 3 N–H and O–H groups in total.